The Morgan fingerprint density at radius 2 is 1.88 bits per heavy atom. The number of aryl methyl sites for hydroxylation is 2. The molecule has 88 valence electrons. The molecule has 2 N–H and O–H groups in total. The Bertz CT molecular complexity index is 324. The van der Waals surface area contributed by atoms with Crippen LogP contribution in [-0.4, -0.2) is 17.8 Å². The number of nitrogens with one attached hydrogen (secondary N) is 1. The molecule has 1 aromatic carbocycles. The first-order valence-electron chi connectivity index (χ1n) is 5.87. The van der Waals surface area contributed by atoms with Gasteiger partial charge in [-0.05, 0) is 24.0 Å². The highest BCUT2D eigenvalue weighted by molar-refractivity contribution is 5.58. The zero-order chi connectivity index (χ0) is 12.0. The van der Waals surface area contributed by atoms with Crippen molar-refractivity contribution in [3.63, 3.8) is 0 Å². The molecule has 0 fully saturated rings. The molecule has 0 spiro atoms. The Kier molecular flexibility index (Phi) is 5.06. The molecule has 0 saturated heterocycles. The molecule has 2 heteroatoms. The molecule has 16 heavy (non-hydrogen) atoms. The first-order valence-corrected chi connectivity index (χ1v) is 5.87. The number of para-hydroxylation sites is 1. The summed E-state index contributed by atoms with van der Waals surface area (Å²) < 4.78 is 0. The van der Waals surface area contributed by atoms with Gasteiger partial charge in [0.1, 0.15) is 0 Å². The number of hydrogen-bond donors (Lipinski definition) is 2. The Morgan fingerprint density at radius 1 is 1.31 bits per heavy atom. The van der Waals surface area contributed by atoms with Crippen molar-refractivity contribution in [2.24, 2.45) is 0 Å². The third kappa shape index (κ3) is 2.86. The number of aliphatic hydroxyl groups excluding tert-OH is 1. The van der Waals surface area contributed by atoms with Crippen molar-refractivity contribution < 1.29 is 5.11 Å². The molecule has 0 aliphatic heterocycles. The van der Waals surface area contributed by atoms with Crippen molar-refractivity contribution in [1.82, 2.24) is 0 Å². The second-order valence-corrected chi connectivity index (χ2v) is 3.83. The van der Waals surface area contributed by atoms with Crippen LogP contribution in [0.15, 0.2) is 30.9 Å². The predicted octanol–water partition coefficient (Wildman–Crippen LogP) is 2.77. The van der Waals surface area contributed by atoms with E-state index in [0.717, 1.165) is 18.5 Å². The molecule has 0 radical (unpaired) electrons. The molecule has 0 amide bonds. The molecular formula is C14H21NO. The maximum Gasteiger partial charge on any atom is 0.0673 e. The average molecular weight is 219 g/mol. The topological polar surface area (TPSA) is 32.3 Å². The van der Waals surface area contributed by atoms with Crippen LogP contribution in [0.25, 0.3) is 0 Å². The van der Waals surface area contributed by atoms with Crippen LogP contribution >= 0.6 is 0 Å². The van der Waals surface area contributed by atoms with Gasteiger partial charge in [-0.25, -0.2) is 0 Å². The van der Waals surface area contributed by atoms with Crippen LogP contribution in [0.2, 0.25) is 0 Å². The van der Waals surface area contributed by atoms with Gasteiger partial charge in [0, 0.05) is 5.69 Å². The monoisotopic (exact) mass is 219 g/mol. The highest BCUT2D eigenvalue weighted by Gasteiger charge is 2.09. The van der Waals surface area contributed by atoms with Crippen molar-refractivity contribution in [1.29, 1.82) is 0 Å². The van der Waals surface area contributed by atoms with E-state index >= 15 is 0 Å². The van der Waals surface area contributed by atoms with Gasteiger partial charge in [0.05, 0.1) is 12.6 Å². The maximum absolute atomic E-state index is 9.18. The van der Waals surface area contributed by atoms with Crippen LogP contribution in [-0.2, 0) is 12.8 Å². The second kappa shape index (κ2) is 6.33. The summed E-state index contributed by atoms with van der Waals surface area (Å²) in [5.74, 6) is 0. The largest absolute Gasteiger partial charge is 0.394 e. The molecule has 0 aliphatic carbocycles. The van der Waals surface area contributed by atoms with Gasteiger partial charge in [0.15, 0.2) is 0 Å². The van der Waals surface area contributed by atoms with Gasteiger partial charge in [-0.2, -0.15) is 0 Å². The highest BCUT2D eigenvalue weighted by Crippen LogP contribution is 2.23. The van der Waals surface area contributed by atoms with Crippen LogP contribution in [0.1, 0.15) is 25.0 Å². The van der Waals surface area contributed by atoms with Crippen molar-refractivity contribution >= 4 is 5.69 Å². The van der Waals surface area contributed by atoms with E-state index in [1.165, 1.54) is 11.1 Å². The van der Waals surface area contributed by atoms with E-state index in [-0.39, 0.29) is 12.6 Å². The van der Waals surface area contributed by atoms with E-state index in [1.807, 2.05) is 0 Å². The minimum atomic E-state index is -0.0713. The Balaban J connectivity index is 3.03. The van der Waals surface area contributed by atoms with E-state index in [9.17, 15) is 5.11 Å². The molecule has 1 atom stereocenters. The zero-order valence-electron chi connectivity index (χ0n) is 10.2. The van der Waals surface area contributed by atoms with Gasteiger partial charge < -0.3 is 10.4 Å². The van der Waals surface area contributed by atoms with Gasteiger partial charge in [-0.1, -0.05) is 38.1 Å². The minimum Gasteiger partial charge on any atom is -0.394 e. The SMILES string of the molecule is C=CC(CO)Nc1c(CC)cccc1CC. The zero-order valence-corrected chi connectivity index (χ0v) is 10.2. The maximum atomic E-state index is 9.18. The van der Waals surface area contributed by atoms with Crippen LogP contribution in [0.5, 0.6) is 0 Å². The average Bonchev–Trinajstić information content (AvgIpc) is 2.35. The van der Waals surface area contributed by atoms with Crippen molar-refractivity contribution in [3.05, 3.63) is 42.0 Å². The summed E-state index contributed by atoms with van der Waals surface area (Å²) in [5.41, 5.74) is 3.74. The first-order chi connectivity index (χ1) is 7.76. The fraction of sp³-hybridized carbons (Fsp3) is 0.429. The smallest absolute Gasteiger partial charge is 0.0673 e. The number of rotatable bonds is 6. The van der Waals surface area contributed by atoms with E-state index in [0.29, 0.717) is 0 Å². The Morgan fingerprint density at radius 3 is 2.25 bits per heavy atom. The molecule has 0 heterocycles. The summed E-state index contributed by atoms with van der Waals surface area (Å²) in [4.78, 5) is 0. The van der Waals surface area contributed by atoms with Crippen molar-refractivity contribution in [3.8, 4) is 0 Å². The van der Waals surface area contributed by atoms with Gasteiger partial charge in [-0.15, -0.1) is 6.58 Å². The predicted molar refractivity (Wildman–Crippen MR) is 69.9 cm³/mol. The van der Waals surface area contributed by atoms with E-state index < -0.39 is 0 Å². The quantitative estimate of drug-likeness (QED) is 0.721. The van der Waals surface area contributed by atoms with Crippen LogP contribution in [0, 0.1) is 0 Å². The summed E-state index contributed by atoms with van der Waals surface area (Å²) in [6.07, 6.45) is 3.73. The number of benzene rings is 1. The number of hydrogen-bond acceptors (Lipinski definition) is 2. The van der Waals surface area contributed by atoms with Gasteiger partial charge in [0.2, 0.25) is 0 Å². The standard InChI is InChI=1S/C14H21NO/c1-4-11-8-7-9-12(5-2)14(11)15-13(6-3)10-16/h6-9,13,15-16H,3-5,10H2,1-2H3. The van der Waals surface area contributed by atoms with E-state index in [2.05, 4.69) is 43.9 Å². The van der Waals surface area contributed by atoms with Crippen LogP contribution in [0.3, 0.4) is 0 Å². The fourth-order valence-electron chi connectivity index (χ4n) is 1.79. The number of aliphatic hydroxyl groups is 1. The van der Waals surface area contributed by atoms with Crippen molar-refractivity contribution in [2.45, 2.75) is 32.7 Å². The highest BCUT2D eigenvalue weighted by atomic mass is 16.3. The van der Waals surface area contributed by atoms with Gasteiger partial charge >= 0.3 is 0 Å². The summed E-state index contributed by atoms with van der Waals surface area (Å²) in [5, 5.41) is 12.5. The molecule has 0 bridgehead atoms. The third-order valence-electron chi connectivity index (χ3n) is 2.81. The molecule has 1 unspecified atom stereocenters. The normalized spacial score (nSPS) is 12.2. The summed E-state index contributed by atoms with van der Waals surface area (Å²) >= 11 is 0. The number of anilines is 1. The van der Waals surface area contributed by atoms with Gasteiger partial charge in [-0.3, -0.25) is 0 Å². The molecule has 0 aromatic heterocycles. The molecule has 1 rings (SSSR count). The van der Waals surface area contributed by atoms with Crippen molar-refractivity contribution in [2.75, 3.05) is 11.9 Å². The van der Waals surface area contributed by atoms with Crippen LogP contribution < -0.4 is 5.32 Å². The lowest BCUT2D eigenvalue weighted by Crippen LogP contribution is -2.22. The van der Waals surface area contributed by atoms with Crippen LogP contribution in [0.4, 0.5) is 5.69 Å². The fourth-order valence-corrected chi connectivity index (χ4v) is 1.79. The lowest BCUT2D eigenvalue weighted by atomic mass is 10.0. The first kappa shape index (κ1) is 12.8. The summed E-state index contributed by atoms with van der Waals surface area (Å²) in [6, 6.07) is 6.26. The molecule has 2 nitrogen and oxygen atoms in total. The lowest BCUT2D eigenvalue weighted by Gasteiger charge is -2.19. The lowest BCUT2D eigenvalue weighted by molar-refractivity contribution is 0.291. The summed E-state index contributed by atoms with van der Waals surface area (Å²) in [6.45, 7) is 8.07. The molecule has 1 aromatic rings. The van der Waals surface area contributed by atoms with E-state index in [1.54, 1.807) is 6.08 Å². The Hall–Kier alpha value is -1.28. The van der Waals surface area contributed by atoms with Gasteiger partial charge in [0.25, 0.3) is 0 Å². The summed E-state index contributed by atoms with van der Waals surface area (Å²) in [7, 11) is 0. The molecule has 0 aliphatic rings. The molecular weight excluding hydrogens is 198 g/mol. The third-order valence-corrected chi connectivity index (χ3v) is 2.81. The second-order valence-electron chi connectivity index (χ2n) is 3.83. The minimum absolute atomic E-state index is 0.0713. The molecule has 0 saturated carbocycles. The van der Waals surface area contributed by atoms with E-state index in [4.69, 9.17) is 0 Å². The Labute approximate surface area is 98.0 Å².